The molecule has 1 aromatic rings. The molecule has 1 aromatic heterocycles. The van der Waals surface area contributed by atoms with Crippen LogP contribution in [0.3, 0.4) is 0 Å². The van der Waals surface area contributed by atoms with Crippen molar-refractivity contribution >= 4 is 0 Å². The molecule has 1 heterocycles. The van der Waals surface area contributed by atoms with E-state index in [0.717, 1.165) is 17.7 Å². The smallest absolute Gasteiger partial charge is 0.142 e. The van der Waals surface area contributed by atoms with Crippen molar-refractivity contribution in [3.8, 4) is 5.75 Å². The van der Waals surface area contributed by atoms with Crippen molar-refractivity contribution in [2.45, 2.75) is 45.3 Å². The molecule has 1 aliphatic carbocycles. The van der Waals surface area contributed by atoms with Crippen LogP contribution >= 0.6 is 0 Å². The molecule has 3 nitrogen and oxygen atoms in total. The first-order chi connectivity index (χ1) is 7.81. The molecule has 2 atom stereocenters. The van der Waals surface area contributed by atoms with Crippen LogP contribution in [-0.4, -0.2) is 11.1 Å². The summed E-state index contributed by atoms with van der Waals surface area (Å²) in [5.41, 5.74) is 6.73. The van der Waals surface area contributed by atoms with Crippen LogP contribution in [0.25, 0.3) is 0 Å². The average molecular weight is 220 g/mol. The van der Waals surface area contributed by atoms with Crippen LogP contribution in [0.5, 0.6) is 5.75 Å². The highest BCUT2D eigenvalue weighted by molar-refractivity contribution is 5.29. The Balaban J connectivity index is 2.07. The molecule has 0 aromatic carbocycles. The zero-order valence-corrected chi connectivity index (χ0v) is 9.86. The Labute approximate surface area is 97.0 Å². The van der Waals surface area contributed by atoms with Crippen LogP contribution in [-0.2, 0) is 6.54 Å². The standard InChI is InChI=1S/C13H20N2O/c1-10-4-2-3-5-12(10)16-13-9-15-7-6-11(13)8-14/h6-7,9-10,12H,2-5,8,14H2,1H3. The SMILES string of the molecule is CC1CCCCC1Oc1cnccc1CN. The molecule has 0 radical (unpaired) electrons. The molecule has 0 aliphatic heterocycles. The minimum atomic E-state index is 0.336. The fourth-order valence-corrected chi connectivity index (χ4v) is 2.30. The van der Waals surface area contributed by atoms with Gasteiger partial charge in [-0.1, -0.05) is 13.3 Å². The second kappa shape index (κ2) is 5.30. The molecule has 0 saturated heterocycles. The lowest BCUT2D eigenvalue weighted by Gasteiger charge is -2.29. The van der Waals surface area contributed by atoms with Crippen LogP contribution in [0.1, 0.15) is 38.2 Å². The summed E-state index contributed by atoms with van der Waals surface area (Å²) in [4.78, 5) is 4.10. The van der Waals surface area contributed by atoms with E-state index in [1.165, 1.54) is 19.3 Å². The topological polar surface area (TPSA) is 48.1 Å². The van der Waals surface area contributed by atoms with E-state index >= 15 is 0 Å². The lowest BCUT2D eigenvalue weighted by molar-refractivity contribution is 0.101. The Morgan fingerprint density at radius 3 is 3.00 bits per heavy atom. The van der Waals surface area contributed by atoms with Crippen LogP contribution in [0, 0.1) is 5.92 Å². The third-order valence-electron chi connectivity index (χ3n) is 3.40. The Morgan fingerprint density at radius 1 is 1.44 bits per heavy atom. The van der Waals surface area contributed by atoms with Crippen LogP contribution in [0.4, 0.5) is 0 Å². The van der Waals surface area contributed by atoms with Crippen molar-refractivity contribution in [1.29, 1.82) is 0 Å². The number of ether oxygens (including phenoxy) is 1. The molecule has 0 spiro atoms. The van der Waals surface area contributed by atoms with Gasteiger partial charge in [0.15, 0.2) is 0 Å². The summed E-state index contributed by atoms with van der Waals surface area (Å²) < 4.78 is 6.05. The maximum absolute atomic E-state index is 6.05. The largest absolute Gasteiger partial charge is 0.488 e. The third-order valence-corrected chi connectivity index (χ3v) is 3.40. The number of nitrogens with zero attached hydrogens (tertiary/aromatic N) is 1. The molecule has 1 saturated carbocycles. The van der Waals surface area contributed by atoms with Gasteiger partial charge in [-0.05, 0) is 31.2 Å². The summed E-state index contributed by atoms with van der Waals surface area (Å²) in [6.45, 7) is 2.78. The maximum atomic E-state index is 6.05. The quantitative estimate of drug-likeness (QED) is 0.851. The van der Waals surface area contributed by atoms with Gasteiger partial charge in [0.05, 0.1) is 6.20 Å². The van der Waals surface area contributed by atoms with Crippen LogP contribution in [0.15, 0.2) is 18.5 Å². The van der Waals surface area contributed by atoms with E-state index in [2.05, 4.69) is 11.9 Å². The molecule has 2 rings (SSSR count). The monoisotopic (exact) mass is 220 g/mol. The molecule has 0 bridgehead atoms. The van der Waals surface area contributed by atoms with Crippen molar-refractivity contribution < 1.29 is 4.74 Å². The summed E-state index contributed by atoms with van der Waals surface area (Å²) in [6.07, 6.45) is 8.90. The molecule has 2 N–H and O–H groups in total. The zero-order valence-electron chi connectivity index (χ0n) is 9.86. The first-order valence-corrected chi connectivity index (χ1v) is 6.11. The number of nitrogens with two attached hydrogens (primary N) is 1. The molecular formula is C13H20N2O. The van der Waals surface area contributed by atoms with Crippen LogP contribution in [0.2, 0.25) is 0 Å². The Kier molecular flexibility index (Phi) is 3.78. The van der Waals surface area contributed by atoms with E-state index in [4.69, 9.17) is 10.5 Å². The summed E-state index contributed by atoms with van der Waals surface area (Å²) in [7, 11) is 0. The molecule has 16 heavy (non-hydrogen) atoms. The lowest BCUT2D eigenvalue weighted by atomic mass is 9.88. The molecule has 2 unspecified atom stereocenters. The Bertz CT molecular complexity index is 340. The van der Waals surface area contributed by atoms with E-state index in [1.54, 1.807) is 12.4 Å². The van der Waals surface area contributed by atoms with E-state index in [-0.39, 0.29) is 0 Å². The van der Waals surface area contributed by atoms with Crippen molar-refractivity contribution in [1.82, 2.24) is 4.98 Å². The number of rotatable bonds is 3. The maximum Gasteiger partial charge on any atom is 0.142 e. The van der Waals surface area contributed by atoms with Gasteiger partial charge >= 0.3 is 0 Å². The first-order valence-electron chi connectivity index (χ1n) is 6.11. The first kappa shape index (κ1) is 11.4. The van der Waals surface area contributed by atoms with Crippen LogP contribution < -0.4 is 10.5 Å². The second-order valence-corrected chi connectivity index (χ2v) is 4.61. The number of aromatic nitrogens is 1. The summed E-state index contributed by atoms with van der Waals surface area (Å²) in [6, 6.07) is 1.93. The highest BCUT2D eigenvalue weighted by Gasteiger charge is 2.23. The van der Waals surface area contributed by atoms with Gasteiger partial charge in [-0.3, -0.25) is 4.98 Å². The summed E-state index contributed by atoms with van der Waals surface area (Å²) >= 11 is 0. The van der Waals surface area contributed by atoms with Gasteiger partial charge < -0.3 is 10.5 Å². The van der Waals surface area contributed by atoms with Crippen molar-refractivity contribution in [3.05, 3.63) is 24.0 Å². The lowest BCUT2D eigenvalue weighted by Crippen LogP contribution is -2.28. The highest BCUT2D eigenvalue weighted by atomic mass is 16.5. The normalized spacial score (nSPS) is 25.4. The number of hydrogen-bond donors (Lipinski definition) is 1. The second-order valence-electron chi connectivity index (χ2n) is 4.61. The van der Waals surface area contributed by atoms with E-state index in [0.29, 0.717) is 18.6 Å². The van der Waals surface area contributed by atoms with Gasteiger partial charge in [-0.25, -0.2) is 0 Å². The fraction of sp³-hybridized carbons (Fsp3) is 0.615. The van der Waals surface area contributed by atoms with Gasteiger partial charge in [-0.2, -0.15) is 0 Å². The van der Waals surface area contributed by atoms with Gasteiger partial charge in [0.2, 0.25) is 0 Å². The predicted octanol–water partition coefficient (Wildman–Crippen LogP) is 2.50. The van der Waals surface area contributed by atoms with E-state index in [1.807, 2.05) is 6.07 Å². The van der Waals surface area contributed by atoms with Crippen molar-refractivity contribution in [2.75, 3.05) is 0 Å². The van der Waals surface area contributed by atoms with E-state index < -0.39 is 0 Å². The molecule has 3 heteroatoms. The number of hydrogen-bond acceptors (Lipinski definition) is 3. The molecule has 88 valence electrons. The predicted molar refractivity (Wildman–Crippen MR) is 64.2 cm³/mol. The van der Waals surface area contributed by atoms with Gasteiger partial charge in [0.25, 0.3) is 0 Å². The molecule has 0 amide bonds. The molecular weight excluding hydrogens is 200 g/mol. The summed E-state index contributed by atoms with van der Waals surface area (Å²) in [5, 5.41) is 0. The van der Waals surface area contributed by atoms with Gasteiger partial charge in [0.1, 0.15) is 11.9 Å². The number of pyridine rings is 1. The minimum absolute atomic E-state index is 0.336. The fourth-order valence-electron chi connectivity index (χ4n) is 2.30. The van der Waals surface area contributed by atoms with Crippen molar-refractivity contribution in [2.24, 2.45) is 11.7 Å². The summed E-state index contributed by atoms with van der Waals surface area (Å²) in [5.74, 6) is 1.50. The third kappa shape index (κ3) is 2.53. The Hall–Kier alpha value is -1.09. The minimum Gasteiger partial charge on any atom is -0.488 e. The average Bonchev–Trinajstić information content (AvgIpc) is 2.33. The van der Waals surface area contributed by atoms with Gasteiger partial charge in [-0.15, -0.1) is 0 Å². The highest BCUT2D eigenvalue weighted by Crippen LogP contribution is 2.29. The van der Waals surface area contributed by atoms with E-state index in [9.17, 15) is 0 Å². The van der Waals surface area contributed by atoms with Crippen molar-refractivity contribution in [3.63, 3.8) is 0 Å². The Morgan fingerprint density at radius 2 is 2.25 bits per heavy atom. The van der Waals surface area contributed by atoms with Gasteiger partial charge in [0, 0.05) is 18.3 Å². The molecule has 1 fully saturated rings. The zero-order chi connectivity index (χ0) is 11.4. The molecule has 1 aliphatic rings.